The first-order valence-corrected chi connectivity index (χ1v) is 19.5. The molecule has 5 aromatic carbocycles. The summed E-state index contributed by atoms with van der Waals surface area (Å²) in [5.41, 5.74) is 8.50. The maximum atomic E-state index is 14.6. The molecule has 0 fully saturated rings. The average molecular weight is 829 g/mol. The number of thiol groups is 3. The average Bonchev–Trinajstić information content (AvgIpc) is 3.15. The Labute approximate surface area is 335 Å². The Morgan fingerprint density at radius 3 is 2.31 bits per heavy atom. The first kappa shape index (κ1) is 39.2. The van der Waals surface area contributed by atoms with Gasteiger partial charge in [0.1, 0.15) is 17.1 Å². The Morgan fingerprint density at radius 1 is 0.891 bits per heavy atom. The van der Waals surface area contributed by atoms with Gasteiger partial charge in [0, 0.05) is 43.4 Å². The predicted molar refractivity (Wildman–Crippen MR) is 224 cm³/mol. The van der Waals surface area contributed by atoms with Crippen LogP contribution in [0.25, 0.3) is 10.8 Å². The standard InChI is InChI=1S/C36H29FN10O3S5/c1-4-54-23-8-6-7-22(18-23)47(3)36-41-34(37)40-35(42-36)39-21-11-14-26(51)25(17-21)44-46-32-28(53)16-19-15-27(52)31(30(38)29(19)33(32)48)45-43-20-9-12-24(13-10-20)55(49,50)5-2/h4-18,48,51-53H,1-2,38H2,3H3,(H,39,40,41,42). The molecular weight excluding hydrogens is 800 g/mol. The highest BCUT2D eigenvalue weighted by Gasteiger charge is 2.19. The highest BCUT2D eigenvalue weighted by Crippen LogP contribution is 2.48. The summed E-state index contributed by atoms with van der Waals surface area (Å²) in [5.74, 6) is -0.317. The molecule has 0 saturated heterocycles. The van der Waals surface area contributed by atoms with E-state index in [0.29, 0.717) is 26.6 Å². The van der Waals surface area contributed by atoms with E-state index in [1.54, 1.807) is 47.7 Å². The van der Waals surface area contributed by atoms with E-state index in [2.05, 4.69) is 91.8 Å². The number of phenolic OH excluding ortho intramolecular Hbond substituents is 1. The van der Waals surface area contributed by atoms with Gasteiger partial charge < -0.3 is 21.1 Å². The Kier molecular flexibility index (Phi) is 11.8. The minimum atomic E-state index is -3.61. The molecule has 0 atom stereocenters. The molecule has 0 amide bonds. The van der Waals surface area contributed by atoms with E-state index < -0.39 is 15.9 Å². The van der Waals surface area contributed by atoms with E-state index in [0.717, 1.165) is 16.0 Å². The molecule has 0 aliphatic heterocycles. The lowest BCUT2D eigenvalue weighted by atomic mass is 10.1. The molecule has 0 aliphatic carbocycles. The fourth-order valence-electron chi connectivity index (χ4n) is 5.08. The maximum Gasteiger partial charge on any atom is 0.315 e. The van der Waals surface area contributed by atoms with Crippen LogP contribution in [0.4, 0.5) is 56.1 Å². The highest BCUT2D eigenvalue weighted by molar-refractivity contribution is 8.02. The SMILES string of the molecule is C=CSc1cccc(N(C)c2nc(F)nc(Nc3ccc(S)c(N=Nc4c(S)cc5cc(S)c(N=Nc6ccc(S(=O)(=O)C=C)cc6)c(N)c5c4O)c3)n2)c1. The topological polar surface area (TPSA) is 184 Å². The number of nitrogens with two attached hydrogens (primary N) is 1. The number of thioether (sulfide) groups is 1. The molecule has 0 aliphatic rings. The van der Waals surface area contributed by atoms with Crippen molar-refractivity contribution in [2.75, 3.05) is 23.0 Å². The minimum Gasteiger partial charge on any atom is -0.505 e. The summed E-state index contributed by atoms with van der Waals surface area (Å²) in [4.78, 5) is 15.8. The highest BCUT2D eigenvalue weighted by atomic mass is 32.2. The molecule has 19 heteroatoms. The molecule has 278 valence electrons. The van der Waals surface area contributed by atoms with Crippen molar-refractivity contribution in [3.05, 3.63) is 109 Å². The molecule has 0 saturated carbocycles. The Bertz CT molecular complexity index is 2660. The smallest absolute Gasteiger partial charge is 0.315 e. The second-order valence-corrected chi connectivity index (χ2v) is 15.7. The Morgan fingerprint density at radius 2 is 1.60 bits per heavy atom. The van der Waals surface area contributed by atoms with Crippen molar-refractivity contribution in [3.63, 3.8) is 0 Å². The molecule has 0 spiro atoms. The summed E-state index contributed by atoms with van der Waals surface area (Å²) in [6.45, 7) is 7.06. The van der Waals surface area contributed by atoms with E-state index in [4.69, 9.17) is 5.73 Å². The second-order valence-electron chi connectivity index (χ2n) is 11.4. The van der Waals surface area contributed by atoms with Crippen molar-refractivity contribution < 1.29 is 17.9 Å². The quantitative estimate of drug-likeness (QED) is 0.0300. The third-order valence-electron chi connectivity index (χ3n) is 7.80. The zero-order valence-electron chi connectivity index (χ0n) is 28.5. The van der Waals surface area contributed by atoms with Crippen LogP contribution in [0.5, 0.6) is 5.75 Å². The van der Waals surface area contributed by atoms with Gasteiger partial charge in [-0.2, -0.15) is 24.5 Å². The molecule has 1 heterocycles. The largest absolute Gasteiger partial charge is 0.505 e. The van der Waals surface area contributed by atoms with Gasteiger partial charge in [0.15, 0.2) is 15.6 Å². The monoisotopic (exact) mass is 828 g/mol. The third-order valence-corrected chi connectivity index (χ3v) is 10.9. The van der Waals surface area contributed by atoms with E-state index in [1.807, 2.05) is 24.3 Å². The molecule has 0 bridgehead atoms. The molecule has 55 heavy (non-hydrogen) atoms. The molecule has 13 nitrogen and oxygen atoms in total. The number of halogens is 1. The van der Waals surface area contributed by atoms with Crippen LogP contribution < -0.4 is 16.0 Å². The minimum absolute atomic E-state index is 0.00484. The summed E-state index contributed by atoms with van der Waals surface area (Å²) in [6.07, 6.45) is -0.987. The van der Waals surface area contributed by atoms with Gasteiger partial charge in [-0.1, -0.05) is 31.0 Å². The summed E-state index contributed by atoms with van der Waals surface area (Å²) in [6, 6.07) is 21.4. The number of aromatic hydroxyl groups is 1. The zero-order chi connectivity index (χ0) is 39.4. The number of rotatable bonds is 12. The number of aromatic nitrogens is 3. The van der Waals surface area contributed by atoms with Gasteiger partial charge in [-0.3, -0.25) is 0 Å². The van der Waals surface area contributed by atoms with Gasteiger partial charge in [-0.25, -0.2) is 8.42 Å². The number of azo groups is 2. The van der Waals surface area contributed by atoms with Crippen LogP contribution in [0.3, 0.4) is 0 Å². The van der Waals surface area contributed by atoms with Gasteiger partial charge >= 0.3 is 6.08 Å². The van der Waals surface area contributed by atoms with Crippen LogP contribution in [-0.2, 0) is 9.84 Å². The van der Waals surface area contributed by atoms with Gasteiger partial charge in [-0.05, 0) is 83.6 Å². The number of sulfone groups is 1. The number of anilines is 5. The molecular formula is C36H29FN10O3S5. The number of hydrogen-bond acceptors (Lipinski definition) is 17. The second kappa shape index (κ2) is 16.5. The lowest BCUT2D eigenvalue weighted by molar-refractivity contribution is 0.481. The first-order valence-electron chi connectivity index (χ1n) is 15.7. The lowest BCUT2D eigenvalue weighted by Gasteiger charge is -2.18. The molecule has 0 radical (unpaired) electrons. The maximum absolute atomic E-state index is 14.6. The fraction of sp³-hybridized carbons (Fsp3) is 0.0278. The van der Waals surface area contributed by atoms with Crippen molar-refractivity contribution in [1.82, 2.24) is 15.0 Å². The normalized spacial score (nSPS) is 11.7. The van der Waals surface area contributed by atoms with E-state index in [9.17, 15) is 17.9 Å². The van der Waals surface area contributed by atoms with Crippen LogP contribution in [0.2, 0.25) is 0 Å². The number of phenols is 1. The molecule has 6 rings (SSSR count). The zero-order valence-corrected chi connectivity index (χ0v) is 32.8. The summed E-state index contributed by atoms with van der Waals surface area (Å²) in [7, 11) is -1.90. The molecule has 4 N–H and O–H groups in total. The Hall–Kier alpha value is -5.47. The van der Waals surface area contributed by atoms with Crippen molar-refractivity contribution in [2.45, 2.75) is 24.5 Å². The number of nitrogens with zero attached hydrogens (tertiary/aromatic N) is 8. The number of fused-ring (bicyclic) bond motifs is 1. The fourth-order valence-corrected chi connectivity index (χ4v) is 7.10. The predicted octanol–water partition coefficient (Wildman–Crippen LogP) is 10.8. The van der Waals surface area contributed by atoms with Crippen LogP contribution >= 0.6 is 49.6 Å². The molecule has 1 aromatic heterocycles. The van der Waals surface area contributed by atoms with Crippen LogP contribution in [0.1, 0.15) is 0 Å². The van der Waals surface area contributed by atoms with Crippen molar-refractivity contribution in [3.8, 4) is 5.75 Å². The lowest BCUT2D eigenvalue weighted by Crippen LogP contribution is -2.15. The van der Waals surface area contributed by atoms with Gasteiger partial charge in [-0.15, -0.1) is 53.2 Å². The number of hydrogen-bond donors (Lipinski definition) is 6. The van der Waals surface area contributed by atoms with E-state index in [-0.39, 0.29) is 55.6 Å². The molecule has 0 unspecified atom stereocenters. The molecule has 6 aromatic rings. The van der Waals surface area contributed by atoms with E-state index >= 15 is 0 Å². The number of nitrogen functional groups attached to an aromatic ring is 1. The van der Waals surface area contributed by atoms with Crippen LogP contribution in [0, 0.1) is 6.08 Å². The summed E-state index contributed by atoms with van der Waals surface area (Å²) < 4.78 is 38.7. The Balaban J connectivity index is 1.27. The van der Waals surface area contributed by atoms with Gasteiger partial charge in [0.25, 0.3) is 0 Å². The summed E-state index contributed by atoms with van der Waals surface area (Å²) in [5, 5.41) is 34.7. The summed E-state index contributed by atoms with van der Waals surface area (Å²) >= 11 is 15.0. The van der Waals surface area contributed by atoms with Crippen LogP contribution in [-0.4, -0.2) is 35.5 Å². The van der Waals surface area contributed by atoms with Crippen LogP contribution in [0.15, 0.2) is 148 Å². The first-order chi connectivity index (χ1) is 26.3. The van der Waals surface area contributed by atoms with Gasteiger partial charge in [0.05, 0.1) is 21.7 Å². The van der Waals surface area contributed by atoms with Gasteiger partial charge in [0.2, 0.25) is 11.9 Å². The third kappa shape index (κ3) is 8.76. The number of benzene rings is 5. The van der Waals surface area contributed by atoms with E-state index in [1.165, 1.54) is 36.0 Å². The van der Waals surface area contributed by atoms with Crippen molar-refractivity contribution in [2.24, 2.45) is 20.5 Å². The number of nitrogens with one attached hydrogen (secondary N) is 1. The van der Waals surface area contributed by atoms with Crippen molar-refractivity contribution >= 4 is 122 Å². The van der Waals surface area contributed by atoms with Crippen molar-refractivity contribution in [1.29, 1.82) is 0 Å².